The number of hydrogen-bond donors (Lipinski definition) is 1. The second kappa shape index (κ2) is 7.61. The van der Waals surface area contributed by atoms with Gasteiger partial charge in [-0.15, -0.1) is 0 Å². The average molecular weight is 362 g/mol. The van der Waals surface area contributed by atoms with E-state index in [9.17, 15) is 9.90 Å². The Bertz CT molecular complexity index is 909. The predicted octanol–water partition coefficient (Wildman–Crippen LogP) is 3.56. The number of pyridine rings is 1. The molecule has 1 fully saturated rings. The summed E-state index contributed by atoms with van der Waals surface area (Å²) < 4.78 is 2.08. The van der Waals surface area contributed by atoms with Gasteiger partial charge < -0.3 is 14.6 Å². The van der Waals surface area contributed by atoms with Gasteiger partial charge in [-0.2, -0.15) is 0 Å². The van der Waals surface area contributed by atoms with Gasteiger partial charge in [0.05, 0.1) is 12.0 Å². The van der Waals surface area contributed by atoms with Crippen LogP contribution >= 0.6 is 0 Å². The number of aromatic carboxylic acids is 1. The van der Waals surface area contributed by atoms with E-state index in [-0.39, 0.29) is 5.56 Å². The third-order valence-electron chi connectivity index (χ3n) is 5.02. The van der Waals surface area contributed by atoms with Crippen molar-refractivity contribution in [3.63, 3.8) is 0 Å². The molecular formula is C21H22N4O2. The maximum absolute atomic E-state index is 11.8. The molecule has 3 aromatic rings. The molecule has 138 valence electrons. The van der Waals surface area contributed by atoms with Crippen LogP contribution in [-0.4, -0.2) is 38.7 Å². The van der Waals surface area contributed by atoms with Crippen LogP contribution in [0.5, 0.6) is 0 Å². The van der Waals surface area contributed by atoms with E-state index in [1.807, 2.05) is 42.9 Å². The second-order valence-electron chi connectivity index (χ2n) is 6.95. The maximum Gasteiger partial charge on any atom is 0.339 e. The third-order valence-corrected chi connectivity index (χ3v) is 5.02. The number of hydrogen-bond acceptors (Lipinski definition) is 4. The molecule has 6 nitrogen and oxygen atoms in total. The molecule has 1 N–H and O–H groups in total. The number of rotatable bonds is 5. The zero-order chi connectivity index (χ0) is 18.6. The van der Waals surface area contributed by atoms with E-state index < -0.39 is 5.97 Å². The van der Waals surface area contributed by atoms with Crippen molar-refractivity contribution in [2.24, 2.45) is 5.92 Å². The molecule has 0 unspecified atom stereocenters. The van der Waals surface area contributed by atoms with E-state index in [1.54, 1.807) is 18.3 Å². The highest BCUT2D eigenvalue weighted by atomic mass is 16.4. The van der Waals surface area contributed by atoms with Gasteiger partial charge in [-0.1, -0.05) is 30.3 Å². The molecule has 0 bridgehead atoms. The van der Waals surface area contributed by atoms with Crippen molar-refractivity contribution in [2.75, 3.05) is 18.0 Å². The molecule has 1 aliphatic rings. The lowest BCUT2D eigenvalue weighted by molar-refractivity contribution is 0.0697. The van der Waals surface area contributed by atoms with E-state index in [2.05, 4.69) is 14.5 Å². The first-order valence-corrected chi connectivity index (χ1v) is 9.21. The van der Waals surface area contributed by atoms with Gasteiger partial charge in [0.2, 0.25) is 0 Å². The lowest BCUT2D eigenvalue weighted by Gasteiger charge is -2.34. The Morgan fingerprint density at radius 2 is 2.04 bits per heavy atom. The Morgan fingerprint density at radius 1 is 1.19 bits per heavy atom. The first-order chi connectivity index (χ1) is 13.2. The highest BCUT2D eigenvalue weighted by Gasteiger charge is 2.25. The topological polar surface area (TPSA) is 71.2 Å². The summed E-state index contributed by atoms with van der Waals surface area (Å²) in [7, 11) is 0. The molecule has 2 aromatic heterocycles. The van der Waals surface area contributed by atoms with Gasteiger partial charge >= 0.3 is 5.97 Å². The number of carbonyl (C=O) groups is 1. The number of carboxylic acid groups (broad SMARTS) is 1. The first kappa shape index (κ1) is 17.3. The van der Waals surface area contributed by atoms with Gasteiger partial charge in [0, 0.05) is 37.6 Å². The van der Waals surface area contributed by atoms with E-state index in [1.165, 1.54) is 0 Å². The Balaban J connectivity index is 1.63. The second-order valence-corrected chi connectivity index (χ2v) is 6.95. The smallest absolute Gasteiger partial charge is 0.339 e. The number of benzene rings is 1. The fraction of sp³-hybridized carbons (Fsp3) is 0.286. The number of piperidine rings is 1. The van der Waals surface area contributed by atoms with E-state index in [0.717, 1.165) is 43.7 Å². The molecule has 1 atom stereocenters. The summed E-state index contributed by atoms with van der Waals surface area (Å²) in [5.74, 6) is 0.0739. The summed E-state index contributed by atoms with van der Waals surface area (Å²) in [6, 6.07) is 13.3. The van der Waals surface area contributed by atoms with Crippen LogP contribution in [0.1, 0.15) is 23.2 Å². The predicted molar refractivity (Wildman–Crippen MR) is 104 cm³/mol. The summed E-state index contributed by atoms with van der Waals surface area (Å²) >= 11 is 0. The molecule has 4 rings (SSSR count). The average Bonchev–Trinajstić information content (AvgIpc) is 3.21. The maximum atomic E-state index is 11.8. The number of carboxylic acids is 1. The summed E-state index contributed by atoms with van der Waals surface area (Å²) in [6.07, 6.45) is 7.73. The molecule has 0 radical (unpaired) electrons. The fourth-order valence-electron chi connectivity index (χ4n) is 3.73. The van der Waals surface area contributed by atoms with Crippen molar-refractivity contribution in [3.8, 4) is 11.3 Å². The lowest BCUT2D eigenvalue weighted by Crippen LogP contribution is -2.38. The lowest BCUT2D eigenvalue weighted by atomic mass is 9.97. The minimum absolute atomic E-state index is 0.262. The molecule has 0 amide bonds. The van der Waals surface area contributed by atoms with Gasteiger partial charge in [0.15, 0.2) is 0 Å². The number of anilines is 1. The molecule has 0 saturated carbocycles. The van der Waals surface area contributed by atoms with Crippen molar-refractivity contribution < 1.29 is 9.90 Å². The number of nitrogens with zero attached hydrogens (tertiary/aromatic N) is 4. The summed E-state index contributed by atoms with van der Waals surface area (Å²) in [5.41, 5.74) is 2.05. The van der Waals surface area contributed by atoms with Gasteiger partial charge in [-0.3, -0.25) is 0 Å². The fourth-order valence-corrected chi connectivity index (χ4v) is 3.73. The summed E-state index contributed by atoms with van der Waals surface area (Å²) in [6.45, 7) is 2.51. The van der Waals surface area contributed by atoms with Gasteiger partial charge in [0.1, 0.15) is 11.4 Å². The highest BCUT2D eigenvalue weighted by molar-refractivity contribution is 5.94. The Kier molecular flexibility index (Phi) is 4.87. The van der Waals surface area contributed by atoms with Crippen LogP contribution in [0.4, 0.5) is 5.82 Å². The van der Waals surface area contributed by atoms with Crippen LogP contribution in [0.25, 0.3) is 11.3 Å². The van der Waals surface area contributed by atoms with Crippen LogP contribution in [0, 0.1) is 5.92 Å². The third kappa shape index (κ3) is 3.84. The van der Waals surface area contributed by atoms with Crippen LogP contribution < -0.4 is 4.90 Å². The molecule has 6 heteroatoms. The monoisotopic (exact) mass is 362 g/mol. The SMILES string of the molecule is O=C(O)c1ccc(-c2ccccc2)nc1N1CCC[C@H](Cn2ccnc2)C1. The van der Waals surface area contributed by atoms with E-state index in [0.29, 0.717) is 11.7 Å². The minimum atomic E-state index is -0.936. The standard InChI is InChI=1S/C21H22N4O2/c26-21(27)18-8-9-19(17-6-2-1-3-7-17)23-20(18)25-11-4-5-16(14-25)13-24-12-10-22-15-24/h1-3,6-10,12,15-16H,4-5,11,13-14H2,(H,26,27)/t16-/m1/s1. The van der Waals surface area contributed by atoms with Crippen molar-refractivity contribution in [2.45, 2.75) is 19.4 Å². The molecule has 1 aromatic carbocycles. The van der Waals surface area contributed by atoms with Crippen molar-refractivity contribution in [1.82, 2.24) is 14.5 Å². The van der Waals surface area contributed by atoms with Gasteiger partial charge in [-0.05, 0) is 30.9 Å². The van der Waals surface area contributed by atoms with Crippen LogP contribution in [0.3, 0.4) is 0 Å². The quantitative estimate of drug-likeness (QED) is 0.751. The molecule has 0 spiro atoms. The molecule has 0 aliphatic carbocycles. The summed E-state index contributed by atoms with van der Waals surface area (Å²) in [4.78, 5) is 22.7. The molecule has 27 heavy (non-hydrogen) atoms. The number of imidazole rings is 1. The van der Waals surface area contributed by atoms with Gasteiger partial charge in [-0.25, -0.2) is 14.8 Å². The van der Waals surface area contributed by atoms with E-state index >= 15 is 0 Å². The Labute approximate surface area is 158 Å². The Hall–Kier alpha value is -3.15. The van der Waals surface area contributed by atoms with Crippen LogP contribution in [0.15, 0.2) is 61.2 Å². The zero-order valence-corrected chi connectivity index (χ0v) is 15.0. The largest absolute Gasteiger partial charge is 0.478 e. The minimum Gasteiger partial charge on any atom is -0.478 e. The highest BCUT2D eigenvalue weighted by Crippen LogP contribution is 2.28. The molecule has 1 saturated heterocycles. The van der Waals surface area contributed by atoms with Gasteiger partial charge in [0.25, 0.3) is 0 Å². The first-order valence-electron chi connectivity index (χ1n) is 9.21. The van der Waals surface area contributed by atoms with Crippen molar-refractivity contribution in [3.05, 3.63) is 66.7 Å². The van der Waals surface area contributed by atoms with Crippen LogP contribution in [-0.2, 0) is 6.54 Å². The number of aromatic nitrogens is 3. The van der Waals surface area contributed by atoms with Crippen molar-refractivity contribution in [1.29, 1.82) is 0 Å². The van der Waals surface area contributed by atoms with E-state index in [4.69, 9.17) is 4.98 Å². The summed E-state index contributed by atoms with van der Waals surface area (Å²) in [5, 5.41) is 9.65. The molecule has 1 aliphatic heterocycles. The normalized spacial score (nSPS) is 17.0. The molecular weight excluding hydrogens is 340 g/mol. The zero-order valence-electron chi connectivity index (χ0n) is 15.0. The molecule has 3 heterocycles. The van der Waals surface area contributed by atoms with Crippen LogP contribution in [0.2, 0.25) is 0 Å². The Morgan fingerprint density at radius 3 is 2.78 bits per heavy atom. The van der Waals surface area contributed by atoms with Crippen molar-refractivity contribution >= 4 is 11.8 Å².